The van der Waals surface area contributed by atoms with Gasteiger partial charge in [0.25, 0.3) is 0 Å². The molecular formula is C18H16O3S. The van der Waals surface area contributed by atoms with Gasteiger partial charge < -0.3 is 9.47 Å². The predicted molar refractivity (Wildman–Crippen MR) is 87.9 cm³/mol. The quantitative estimate of drug-likeness (QED) is 0.633. The van der Waals surface area contributed by atoms with E-state index in [4.69, 9.17) is 9.47 Å². The number of fused-ring (bicyclic) bond motifs is 1. The lowest BCUT2D eigenvalue weighted by molar-refractivity contribution is -0.140. The molecule has 0 spiro atoms. The molecule has 112 valence electrons. The van der Waals surface area contributed by atoms with E-state index in [9.17, 15) is 4.79 Å². The van der Waals surface area contributed by atoms with E-state index in [2.05, 4.69) is 0 Å². The van der Waals surface area contributed by atoms with E-state index in [0.29, 0.717) is 5.57 Å². The molecular weight excluding hydrogens is 296 g/mol. The first-order valence-corrected chi connectivity index (χ1v) is 8.21. The van der Waals surface area contributed by atoms with Gasteiger partial charge in [-0.2, -0.15) is 0 Å². The zero-order valence-electron chi connectivity index (χ0n) is 12.2. The summed E-state index contributed by atoms with van der Waals surface area (Å²) in [6.45, 7) is 0.522. The topological polar surface area (TPSA) is 35.5 Å². The van der Waals surface area contributed by atoms with E-state index in [-0.39, 0.29) is 19.2 Å². The Morgan fingerprint density at radius 1 is 1.18 bits per heavy atom. The van der Waals surface area contributed by atoms with Gasteiger partial charge in [-0.15, -0.1) is 11.8 Å². The lowest BCUT2D eigenvalue weighted by atomic mass is 10.1. The maximum Gasteiger partial charge on any atom is 0.337 e. The molecule has 0 aliphatic carbocycles. The van der Waals surface area contributed by atoms with Gasteiger partial charge in [-0.3, -0.25) is 0 Å². The van der Waals surface area contributed by atoms with Crippen molar-refractivity contribution in [2.24, 2.45) is 0 Å². The highest BCUT2D eigenvalue weighted by Crippen LogP contribution is 2.26. The molecule has 2 aromatic rings. The first-order valence-electron chi connectivity index (χ1n) is 6.99. The van der Waals surface area contributed by atoms with Crippen LogP contribution in [0.1, 0.15) is 11.1 Å². The van der Waals surface area contributed by atoms with E-state index in [1.165, 1.54) is 4.90 Å². The van der Waals surface area contributed by atoms with Crippen LogP contribution in [0.5, 0.6) is 5.75 Å². The van der Waals surface area contributed by atoms with Gasteiger partial charge >= 0.3 is 5.97 Å². The molecule has 0 N–H and O–H groups in total. The van der Waals surface area contributed by atoms with Gasteiger partial charge in [-0.05, 0) is 36.1 Å². The molecule has 0 amide bonds. The molecule has 0 saturated heterocycles. The minimum absolute atomic E-state index is 0.251. The van der Waals surface area contributed by atoms with Crippen LogP contribution in [0.3, 0.4) is 0 Å². The molecule has 0 atom stereocenters. The average molecular weight is 312 g/mol. The summed E-state index contributed by atoms with van der Waals surface area (Å²) >= 11 is 1.68. The molecule has 4 heteroatoms. The van der Waals surface area contributed by atoms with E-state index in [1.807, 2.05) is 60.9 Å². The maximum absolute atomic E-state index is 12.1. The summed E-state index contributed by atoms with van der Waals surface area (Å²) in [6.07, 6.45) is 3.86. The van der Waals surface area contributed by atoms with E-state index < -0.39 is 0 Å². The zero-order valence-corrected chi connectivity index (χ0v) is 13.1. The Labute approximate surface area is 133 Å². The number of hydrogen-bond donors (Lipinski definition) is 0. The van der Waals surface area contributed by atoms with Crippen LogP contribution < -0.4 is 4.74 Å². The second kappa shape index (κ2) is 6.71. The third kappa shape index (κ3) is 3.34. The highest BCUT2D eigenvalue weighted by molar-refractivity contribution is 7.98. The Balaban J connectivity index is 1.64. The molecule has 0 aromatic heterocycles. The number of hydrogen-bond acceptors (Lipinski definition) is 4. The minimum Gasteiger partial charge on any atom is -0.488 e. The molecule has 1 heterocycles. The van der Waals surface area contributed by atoms with Crippen molar-refractivity contribution < 1.29 is 14.3 Å². The van der Waals surface area contributed by atoms with Crippen molar-refractivity contribution in [3.63, 3.8) is 0 Å². The van der Waals surface area contributed by atoms with Gasteiger partial charge in [-0.25, -0.2) is 4.79 Å². The minimum atomic E-state index is -0.330. The first kappa shape index (κ1) is 14.7. The van der Waals surface area contributed by atoms with Crippen LogP contribution in [0.25, 0.3) is 6.08 Å². The molecule has 2 aromatic carbocycles. The molecule has 0 fully saturated rings. The summed E-state index contributed by atoms with van der Waals surface area (Å²) in [7, 11) is 0. The summed E-state index contributed by atoms with van der Waals surface area (Å²) in [5, 5.41) is 0. The van der Waals surface area contributed by atoms with Crippen LogP contribution in [-0.4, -0.2) is 18.8 Å². The predicted octanol–water partition coefficient (Wildman–Crippen LogP) is 3.93. The lowest BCUT2D eigenvalue weighted by Crippen LogP contribution is -2.17. The maximum atomic E-state index is 12.1. The van der Waals surface area contributed by atoms with Crippen LogP contribution in [0.2, 0.25) is 0 Å². The van der Waals surface area contributed by atoms with Gasteiger partial charge in [0.2, 0.25) is 0 Å². The summed E-state index contributed by atoms with van der Waals surface area (Å²) in [6, 6.07) is 15.6. The van der Waals surface area contributed by atoms with Gasteiger partial charge in [0.1, 0.15) is 19.0 Å². The van der Waals surface area contributed by atoms with Crippen molar-refractivity contribution in [2.45, 2.75) is 11.5 Å². The SMILES string of the molecule is CSc1ccc(COC(=O)C2=Cc3ccccc3OC2)cc1. The fourth-order valence-corrected chi connectivity index (χ4v) is 2.61. The number of ether oxygens (including phenoxy) is 2. The largest absolute Gasteiger partial charge is 0.488 e. The Morgan fingerprint density at radius 2 is 1.95 bits per heavy atom. The second-order valence-electron chi connectivity index (χ2n) is 4.92. The van der Waals surface area contributed by atoms with Crippen molar-refractivity contribution >= 4 is 23.8 Å². The smallest absolute Gasteiger partial charge is 0.337 e. The standard InChI is InChI=1S/C18H16O3S/c1-22-16-8-6-13(7-9-16)11-21-18(19)15-10-14-4-2-3-5-17(14)20-12-15/h2-10H,11-12H2,1H3. The molecule has 3 rings (SSSR count). The zero-order chi connectivity index (χ0) is 15.4. The van der Waals surface area contributed by atoms with Crippen LogP contribution in [0, 0.1) is 0 Å². The first-order chi connectivity index (χ1) is 10.8. The number of rotatable bonds is 4. The number of benzene rings is 2. The van der Waals surface area contributed by atoms with Crippen molar-refractivity contribution in [3.05, 3.63) is 65.2 Å². The van der Waals surface area contributed by atoms with Crippen LogP contribution in [0.4, 0.5) is 0 Å². The summed E-state index contributed by atoms with van der Waals surface area (Å²) in [5.74, 6) is 0.468. The lowest BCUT2D eigenvalue weighted by Gasteiger charge is -2.17. The molecule has 1 aliphatic rings. The Morgan fingerprint density at radius 3 is 2.73 bits per heavy atom. The number of carbonyl (C=O) groups excluding carboxylic acids is 1. The van der Waals surface area contributed by atoms with Crippen molar-refractivity contribution in [3.8, 4) is 5.75 Å². The van der Waals surface area contributed by atoms with E-state index in [1.54, 1.807) is 11.8 Å². The van der Waals surface area contributed by atoms with Crippen molar-refractivity contribution in [1.82, 2.24) is 0 Å². The average Bonchev–Trinajstić information content (AvgIpc) is 2.59. The van der Waals surface area contributed by atoms with Crippen molar-refractivity contribution in [1.29, 1.82) is 0 Å². The molecule has 0 saturated carbocycles. The Hall–Kier alpha value is -2.20. The van der Waals surface area contributed by atoms with Crippen LogP contribution in [0.15, 0.2) is 59.0 Å². The fraction of sp³-hybridized carbons (Fsp3) is 0.167. The molecule has 22 heavy (non-hydrogen) atoms. The summed E-state index contributed by atoms with van der Waals surface area (Å²) in [5.41, 5.74) is 2.42. The molecule has 0 radical (unpaired) electrons. The van der Waals surface area contributed by atoms with Crippen LogP contribution in [-0.2, 0) is 16.1 Å². The number of carbonyl (C=O) groups is 1. The van der Waals surface area contributed by atoms with Gasteiger partial charge in [0.05, 0.1) is 5.57 Å². The highest BCUT2D eigenvalue weighted by Gasteiger charge is 2.18. The number of para-hydroxylation sites is 1. The fourth-order valence-electron chi connectivity index (χ4n) is 2.20. The highest BCUT2D eigenvalue weighted by atomic mass is 32.2. The van der Waals surface area contributed by atoms with Crippen molar-refractivity contribution in [2.75, 3.05) is 12.9 Å². The molecule has 0 unspecified atom stereocenters. The molecule has 3 nitrogen and oxygen atoms in total. The normalized spacial score (nSPS) is 12.9. The van der Waals surface area contributed by atoms with Gasteiger partial charge in [0, 0.05) is 10.5 Å². The summed E-state index contributed by atoms with van der Waals surface area (Å²) < 4.78 is 10.9. The third-order valence-electron chi connectivity index (χ3n) is 3.42. The van der Waals surface area contributed by atoms with E-state index in [0.717, 1.165) is 16.9 Å². The van der Waals surface area contributed by atoms with E-state index >= 15 is 0 Å². The van der Waals surface area contributed by atoms with Gasteiger partial charge in [0.15, 0.2) is 0 Å². The Bertz CT molecular complexity index is 705. The molecule has 1 aliphatic heterocycles. The Kier molecular flexibility index (Phi) is 4.49. The third-order valence-corrected chi connectivity index (χ3v) is 4.17. The summed E-state index contributed by atoms with van der Waals surface area (Å²) in [4.78, 5) is 13.3. The monoisotopic (exact) mass is 312 g/mol. The van der Waals surface area contributed by atoms with Gasteiger partial charge in [-0.1, -0.05) is 30.3 Å². The molecule has 0 bridgehead atoms. The number of esters is 1. The van der Waals surface area contributed by atoms with Crippen LogP contribution >= 0.6 is 11.8 Å². The second-order valence-corrected chi connectivity index (χ2v) is 5.80. The number of thioether (sulfide) groups is 1.